The number of ether oxygens (including phenoxy) is 2. The van der Waals surface area contributed by atoms with E-state index in [-0.39, 0.29) is 29.5 Å². The molecule has 1 saturated carbocycles. The molecule has 170 valence electrons. The Hall–Kier alpha value is -3.01. The lowest BCUT2D eigenvalue weighted by molar-refractivity contribution is -0.0477. The summed E-state index contributed by atoms with van der Waals surface area (Å²) in [7, 11) is 0. The van der Waals surface area contributed by atoms with Crippen LogP contribution in [0.5, 0.6) is 5.75 Å². The van der Waals surface area contributed by atoms with Gasteiger partial charge in [0, 0.05) is 16.7 Å². The van der Waals surface area contributed by atoms with Crippen molar-refractivity contribution in [2.24, 2.45) is 16.1 Å². The fraction of sp³-hybridized carbons (Fsp3) is 0.429. The Labute approximate surface area is 189 Å². The maximum atomic E-state index is 12.7. The number of halogens is 3. The van der Waals surface area contributed by atoms with Gasteiger partial charge < -0.3 is 20.5 Å². The number of benzene rings is 1. The van der Waals surface area contributed by atoms with E-state index in [0.717, 1.165) is 30.8 Å². The van der Waals surface area contributed by atoms with Gasteiger partial charge in [-0.2, -0.15) is 0 Å². The molecule has 2 aliphatic heterocycles. The third-order valence-corrected chi connectivity index (χ3v) is 6.60. The van der Waals surface area contributed by atoms with Crippen molar-refractivity contribution in [3.63, 3.8) is 0 Å². The highest BCUT2D eigenvalue weighted by Crippen LogP contribution is 2.71. The van der Waals surface area contributed by atoms with Crippen LogP contribution in [0.4, 0.5) is 14.5 Å². The highest BCUT2D eigenvalue weighted by molar-refractivity contribution is 6.02. The van der Waals surface area contributed by atoms with Crippen LogP contribution in [-0.2, 0) is 10.3 Å². The molecule has 3 aliphatic rings. The second kappa shape index (κ2) is 7.26. The van der Waals surface area contributed by atoms with Crippen molar-refractivity contribution in [1.29, 1.82) is 0 Å². The van der Waals surface area contributed by atoms with Crippen LogP contribution in [-0.4, -0.2) is 34.1 Å². The zero-order valence-electron chi connectivity index (χ0n) is 17.4. The largest absolute Gasteiger partial charge is 0.487 e. The lowest BCUT2D eigenvalue weighted by Crippen LogP contribution is -2.55. The molecule has 1 aromatic carbocycles. The maximum Gasteiger partial charge on any atom is 0.283 e. The zero-order chi connectivity index (χ0) is 22.0. The summed E-state index contributed by atoms with van der Waals surface area (Å²) in [5.74, 6) is 0.0925. The number of amidine groups is 1. The van der Waals surface area contributed by atoms with Crippen molar-refractivity contribution < 1.29 is 23.0 Å². The third-order valence-electron chi connectivity index (χ3n) is 6.60. The van der Waals surface area contributed by atoms with Crippen LogP contribution in [0.1, 0.15) is 54.9 Å². The minimum Gasteiger partial charge on any atom is -0.487 e. The quantitative estimate of drug-likeness (QED) is 0.716. The lowest BCUT2D eigenvalue weighted by Gasteiger charge is -2.49. The number of nitrogens with one attached hydrogen (secondary N) is 1. The monoisotopic (exact) mass is 465 g/mol. The predicted molar refractivity (Wildman–Crippen MR) is 114 cm³/mol. The summed E-state index contributed by atoms with van der Waals surface area (Å²) in [5, 5.41) is 2.74. The molecule has 1 fully saturated rings. The fourth-order valence-corrected chi connectivity index (χ4v) is 4.87. The van der Waals surface area contributed by atoms with E-state index in [4.69, 9.17) is 20.2 Å². The van der Waals surface area contributed by atoms with Crippen LogP contribution in [0.3, 0.4) is 0 Å². The minimum absolute atomic E-state index is 0. The van der Waals surface area contributed by atoms with E-state index in [0.29, 0.717) is 18.0 Å². The first-order valence-corrected chi connectivity index (χ1v) is 9.91. The Kier molecular flexibility index (Phi) is 5.04. The van der Waals surface area contributed by atoms with Gasteiger partial charge in [0.05, 0.1) is 12.4 Å². The predicted octanol–water partition coefficient (Wildman–Crippen LogP) is 3.58. The smallest absolute Gasteiger partial charge is 0.283 e. The molecule has 2 aromatic rings. The molecular weight excluding hydrogens is 444 g/mol. The number of rotatable bonds is 3. The molecule has 0 radical (unpaired) electrons. The molecule has 5 rings (SSSR count). The number of alkyl halides is 2. The summed E-state index contributed by atoms with van der Waals surface area (Å²) in [5.41, 5.74) is 5.21. The molecule has 11 heteroatoms. The number of anilines is 1. The number of hydrogen-bond acceptors (Lipinski definition) is 7. The van der Waals surface area contributed by atoms with Crippen LogP contribution < -0.4 is 15.8 Å². The molecule has 3 N–H and O–H groups in total. The Balaban J connectivity index is 0.00000245. The van der Waals surface area contributed by atoms with Gasteiger partial charge in [-0.05, 0) is 44.9 Å². The van der Waals surface area contributed by atoms with Crippen LogP contribution in [0.25, 0.3) is 0 Å². The van der Waals surface area contributed by atoms with Crippen LogP contribution in [0.2, 0.25) is 0 Å². The van der Waals surface area contributed by atoms with E-state index in [1.165, 1.54) is 0 Å². The van der Waals surface area contributed by atoms with E-state index in [1.807, 2.05) is 13.8 Å². The van der Waals surface area contributed by atoms with Crippen LogP contribution >= 0.6 is 12.4 Å². The number of carbonyl (C=O) groups excluding carboxylic acids is 1. The molecule has 0 unspecified atom stereocenters. The second-order valence-electron chi connectivity index (χ2n) is 8.59. The molecular formula is C21H22ClF2N5O3. The second-order valence-corrected chi connectivity index (χ2v) is 8.59. The fourth-order valence-electron chi connectivity index (χ4n) is 4.87. The maximum absolute atomic E-state index is 12.7. The summed E-state index contributed by atoms with van der Waals surface area (Å²) in [4.78, 5) is 24.6. The summed E-state index contributed by atoms with van der Waals surface area (Å²) < 4.78 is 37.2. The van der Waals surface area contributed by atoms with Crippen molar-refractivity contribution in [3.8, 4) is 5.75 Å². The highest BCUT2D eigenvalue weighted by atomic mass is 35.5. The Morgan fingerprint density at radius 2 is 1.97 bits per heavy atom. The van der Waals surface area contributed by atoms with Crippen LogP contribution in [0, 0.1) is 5.41 Å². The number of aliphatic imine (C=N–C) groups is 1. The molecule has 1 aliphatic carbocycles. The van der Waals surface area contributed by atoms with E-state index >= 15 is 0 Å². The van der Waals surface area contributed by atoms with E-state index in [2.05, 4.69) is 15.3 Å². The van der Waals surface area contributed by atoms with E-state index < -0.39 is 29.2 Å². The van der Waals surface area contributed by atoms with Crippen LogP contribution in [0.15, 0.2) is 35.6 Å². The number of aromatic nitrogens is 2. The first kappa shape index (κ1) is 22.2. The van der Waals surface area contributed by atoms with Gasteiger partial charge in [0.2, 0.25) is 0 Å². The molecule has 3 heterocycles. The standard InChI is InChI=1S/C21H21F2N5O3.ClH/c1-19(2)20(5-6-20)21(10-30-18(24)28-21)12-7-11(3-4-15(12)31-19)27-17(29)14-9-25-13(8-26-14)16(22)23;/h3-4,7-9,16H,5-6,10H2,1-2H3,(H2,24,28)(H,27,29);1H/t21-;/m0./s1. The molecule has 1 atom stereocenters. The first-order chi connectivity index (χ1) is 14.7. The number of amides is 1. The Bertz CT molecular complexity index is 1110. The number of nitrogens with two attached hydrogens (primary N) is 1. The van der Waals surface area contributed by atoms with Gasteiger partial charge in [-0.1, -0.05) is 0 Å². The molecule has 0 saturated heterocycles. The SMILES string of the molecule is CC1(C)Oc2ccc(NC(=O)c3cnc(C(F)F)cn3)cc2[C@@]2(COC(N)=N2)C12CC2.Cl. The summed E-state index contributed by atoms with van der Waals surface area (Å²) in [6, 6.07) is 5.42. The lowest BCUT2D eigenvalue weighted by atomic mass is 9.66. The number of carbonyl (C=O) groups is 1. The average Bonchev–Trinajstić information content (AvgIpc) is 3.46. The van der Waals surface area contributed by atoms with Crippen molar-refractivity contribution >= 4 is 30.0 Å². The van der Waals surface area contributed by atoms with Gasteiger partial charge in [-0.25, -0.2) is 18.8 Å². The molecule has 2 spiro atoms. The number of nitrogens with zero attached hydrogens (tertiary/aromatic N) is 3. The highest BCUT2D eigenvalue weighted by Gasteiger charge is 2.73. The van der Waals surface area contributed by atoms with Gasteiger partial charge >= 0.3 is 0 Å². The molecule has 8 nitrogen and oxygen atoms in total. The normalized spacial score (nSPS) is 23.6. The van der Waals surface area contributed by atoms with Gasteiger partial charge in [0.15, 0.2) is 0 Å². The molecule has 1 amide bonds. The van der Waals surface area contributed by atoms with Gasteiger partial charge in [0.25, 0.3) is 18.4 Å². The summed E-state index contributed by atoms with van der Waals surface area (Å²) in [6.45, 7) is 4.40. The van der Waals surface area contributed by atoms with Gasteiger partial charge in [0.1, 0.15) is 34.9 Å². The average molecular weight is 466 g/mol. The topological polar surface area (TPSA) is 112 Å². The Morgan fingerprint density at radius 3 is 2.53 bits per heavy atom. The third kappa shape index (κ3) is 3.08. The van der Waals surface area contributed by atoms with E-state index in [1.54, 1.807) is 18.2 Å². The van der Waals surface area contributed by atoms with Gasteiger partial charge in [-0.15, -0.1) is 12.4 Å². The Morgan fingerprint density at radius 1 is 1.22 bits per heavy atom. The number of hydrogen-bond donors (Lipinski definition) is 2. The first-order valence-electron chi connectivity index (χ1n) is 9.91. The molecule has 1 aromatic heterocycles. The van der Waals surface area contributed by atoms with Gasteiger partial charge in [-0.3, -0.25) is 9.78 Å². The van der Waals surface area contributed by atoms with Crippen molar-refractivity contribution in [1.82, 2.24) is 9.97 Å². The van der Waals surface area contributed by atoms with Crippen molar-refractivity contribution in [3.05, 3.63) is 47.5 Å². The number of fused-ring (bicyclic) bond motifs is 3. The zero-order valence-corrected chi connectivity index (χ0v) is 18.2. The van der Waals surface area contributed by atoms with E-state index in [9.17, 15) is 13.6 Å². The molecule has 32 heavy (non-hydrogen) atoms. The summed E-state index contributed by atoms with van der Waals surface area (Å²) >= 11 is 0. The van der Waals surface area contributed by atoms with Crippen molar-refractivity contribution in [2.75, 3.05) is 11.9 Å². The summed E-state index contributed by atoms with van der Waals surface area (Å²) in [6.07, 6.45) is 1.01. The minimum atomic E-state index is -2.75. The van der Waals surface area contributed by atoms with Crippen molar-refractivity contribution in [2.45, 2.75) is 44.3 Å². The molecule has 0 bridgehead atoms.